The Labute approximate surface area is 186 Å². The van der Waals surface area contributed by atoms with E-state index in [1.807, 2.05) is 55.5 Å². The van der Waals surface area contributed by atoms with Crippen LogP contribution in [0.3, 0.4) is 0 Å². The maximum Gasteiger partial charge on any atom is 0.247 e. The molecule has 1 atom stereocenters. The van der Waals surface area contributed by atoms with Crippen LogP contribution in [0.5, 0.6) is 5.75 Å². The first-order valence-corrected chi connectivity index (χ1v) is 12.9. The second-order valence-electron chi connectivity index (χ2n) is 7.47. The molecular weight excluding hydrogens is 434 g/mol. The van der Waals surface area contributed by atoms with Crippen molar-refractivity contribution in [2.45, 2.75) is 32.4 Å². The van der Waals surface area contributed by atoms with Crippen molar-refractivity contribution in [1.29, 1.82) is 0 Å². The number of hydrogen-bond acceptors (Lipinski definition) is 6. The maximum absolute atomic E-state index is 13.7. The van der Waals surface area contributed by atoms with Crippen LogP contribution >= 0.6 is 11.3 Å². The standard InChI is InChI=1S/C22H25N3O4S2/c1-3-29-18-12-7-13-19-20(18)23-22(30-19)24(15-16-9-5-4-6-10-16)21(26)17-11-8-14-25(17)31(2,27)28/h4-7,9-10,12-13,17H,3,8,11,14-15H2,1-2H3. The van der Waals surface area contributed by atoms with Gasteiger partial charge in [0.2, 0.25) is 15.9 Å². The van der Waals surface area contributed by atoms with Crippen LogP contribution in [0.25, 0.3) is 10.2 Å². The molecule has 1 unspecified atom stereocenters. The number of thiazole rings is 1. The fourth-order valence-electron chi connectivity index (χ4n) is 3.87. The SMILES string of the molecule is CCOc1cccc2sc(N(Cc3ccccc3)C(=O)C3CCCN3S(C)(=O)=O)nc12. The highest BCUT2D eigenvalue weighted by Gasteiger charge is 2.39. The van der Waals surface area contributed by atoms with Gasteiger partial charge in [-0.3, -0.25) is 9.69 Å². The van der Waals surface area contributed by atoms with Crippen molar-refractivity contribution >= 4 is 42.6 Å². The number of amides is 1. The molecule has 3 aromatic rings. The molecule has 4 rings (SSSR count). The van der Waals surface area contributed by atoms with E-state index in [9.17, 15) is 13.2 Å². The summed E-state index contributed by atoms with van der Waals surface area (Å²) in [6.45, 7) is 3.11. The van der Waals surface area contributed by atoms with Gasteiger partial charge in [-0.25, -0.2) is 13.4 Å². The van der Waals surface area contributed by atoms with E-state index in [1.54, 1.807) is 4.90 Å². The van der Waals surface area contributed by atoms with Crippen LogP contribution in [0.15, 0.2) is 48.5 Å². The van der Waals surface area contributed by atoms with Gasteiger partial charge in [0.1, 0.15) is 17.3 Å². The van der Waals surface area contributed by atoms with Crippen molar-refractivity contribution in [3.63, 3.8) is 0 Å². The number of rotatable bonds is 7. The molecule has 0 spiro atoms. The first kappa shape index (κ1) is 21.7. The molecule has 31 heavy (non-hydrogen) atoms. The fourth-order valence-corrected chi connectivity index (χ4v) is 5.98. The summed E-state index contributed by atoms with van der Waals surface area (Å²) in [5, 5.41) is 0.538. The van der Waals surface area contributed by atoms with Gasteiger partial charge in [0.25, 0.3) is 0 Å². The summed E-state index contributed by atoms with van der Waals surface area (Å²) in [5.74, 6) is 0.428. The van der Waals surface area contributed by atoms with E-state index in [0.717, 1.165) is 16.5 Å². The highest BCUT2D eigenvalue weighted by atomic mass is 32.2. The van der Waals surface area contributed by atoms with Gasteiger partial charge < -0.3 is 4.74 Å². The highest BCUT2D eigenvalue weighted by molar-refractivity contribution is 7.88. The summed E-state index contributed by atoms with van der Waals surface area (Å²) < 4.78 is 32.4. The smallest absolute Gasteiger partial charge is 0.247 e. The van der Waals surface area contributed by atoms with Crippen LogP contribution in [0, 0.1) is 0 Å². The van der Waals surface area contributed by atoms with Crippen LogP contribution in [-0.2, 0) is 21.4 Å². The Hall–Kier alpha value is -2.49. The van der Waals surface area contributed by atoms with Crippen LogP contribution in [0.1, 0.15) is 25.3 Å². The Kier molecular flexibility index (Phi) is 6.27. The van der Waals surface area contributed by atoms with Gasteiger partial charge in [-0.2, -0.15) is 4.31 Å². The van der Waals surface area contributed by atoms with E-state index >= 15 is 0 Å². The van der Waals surface area contributed by atoms with Gasteiger partial charge in [0.05, 0.1) is 24.1 Å². The minimum absolute atomic E-state index is 0.246. The van der Waals surface area contributed by atoms with E-state index in [4.69, 9.17) is 9.72 Å². The average molecular weight is 460 g/mol. The minimum Gasteiger partial charge on any atom is -0.492 e. The lowest BCUT2D eigenvalue weighted by molar-refractivity contribution is -0.121. The molecule has 1 aliphatic heterocycles. The molecule has 1 saturated heterocycles. The molecule has 1 aromatic heterocycles. The van der Waals surface area contributed by atoms with Gasteiger partial charge in [-0.05, 0) is 37.5 Å². The molecule has 7 nitrogen and oxygen atoms in total. The molecule has 1 aliphatic rings. The lowest BCUT2D eigenvalue weighted by Crippen LogP contribution is -2.47. The van der Waals surface area contributed by atoms with E-state index in [1.165, 1.54) is 15.6 Å². The number of aromatic nitrogens is 1. The van der Waals surface area contributed by atoms with Gasteiger partial charge in [0.15, 0.2) is 5.13 Å². The number of benzene rings is 2. The molecule has 164 valence electrons. The third-order valence-electron chi connectivity index (χ3n) is 5.27. The quantitative estimate of drug-likeness (QED) is 0.539. The summed E-state index contributed by atoms with van der Waals surface area (Å²) >= 11 is 1.41. The van der Waals surface area contributed by atoms with Gasteiger partial charge in [0, 0.05) is 6.54 Å². The highest BCUT2D eigenvalue weighted by Crippen LogP contribution is 2.36. The van der Waals surface area contributed by atoms with Crippen molar-refractivity contribution in [2.75, 3.05) is 24.3 Å². The number of para-hydroxylation sites is 1. The molecule has 1 amide bonds. The number of anilines is 1. The fraction of sp³-hybridized carbons (Fsp3) is 0.364. The lowest BCUT2D eigenvalue weighted by Gasteiger charge is -2.27. The first-order valence-electron chi connectivity index (χ1n) is 10.2. The molecule has 1 fully saturated rings. The van der Waals surface area contributed by atoms with Gasteiger partial charge in [-0.1, -0.05) is 47.7 Å². The van der Waals surface area contributed by atoms with Crippen LogP contribution < -0.4 is 9.64 Å². The van der Waals surface area contributed by atoms with Crippen molar-refractivity contribution in [3.05, 3.63) is 54.1 Å². The zero-order valence-electron chi connectivity index (χ0n) is 17.5. The lowest BCUT2D eigenvalue weighted by atomic mass is 10.1. The molecule has 2 aromatic carbocycles. The predicted octanol–water partition coefficient (Wildman–Crippen LogP) is 3.65. The van der Waals surface area contributed by atoms with E-state index in [0.29, 0.717) is 48.9 Å². The Bertz CT molecular complexity index is 1180. The first-order chi connectivity index (χ1) is 14.9. The molecule has 0 aliphatic carbocycles. The molecule has 0 radical (unpaired) electrons. The summed E-state index contributed by atoms with van der Waals surface area (Å²) in [4.78, 5) is 20.0. The second kappa shape index (κ2) is 8.94. The summed E-state index contributed by atoms with van der Waals surface area (Å²) in [5.41, 5.74) is 1.66. The van der Waals surface area contributed by atoms with Crippen molar-refractivity contribution in [2.24, 2.45) is 0 Å². The van der Waals surface area contributed by atoms with E-state index in [2.05, 4.69) is 0 Å². The summed E-state index contributed by atoms with van der Waals surface area (Å²) in [6.07, 6.45) is 2.33. The molecule has 9 heteroatoms. The van der Waals surface area contributed by atoms with Gasteiger partial charge >= 0.3 is 0 Å². The van der Waals surface area contributed by atoms with Crippen molar-refractivity contribution < 1.29 is 17.9 Å². The number of sulfonamides is 1. The molecular formula is C22H25N3O4S2. The Morgan fingerprint density at radius 1 is 1.23 bits per heavy atom. The predicted molar refractivity (Wildman–Crippen MR) is 123 cm³/mol. The normalized spacial score (nSPS) is 17.2. The Balaban J connectivity index is 1.75. The van der Waals surface area contributed by atoms with E-state index < -0.39 is 16.1 Å². The number of nitrogens with zero attached hydrogens (tertiary/aromatic N) is 3. The zero-order chi connectivity index (χ0) is 22.0. The van der Waals surface area contributed by atoms with Crippen LogP contribution in [0.2, 0.25) is 0 Å². The molecule has 0 bridgehead atoms. The monoisotopic (exact) mass is 459 g/mol. The number of carbonyl (C=O) groups is 1. The van der Waals surface area contributed by atoms with Crippen LogP contribution in [-0.4, -0.2) is 49.1 Å². The topological polar surface area (TPSA) is 79.8 Å². The summed E-state index contributed by atoms with van der Waals surface area (Å²) in [7, 11) is -3.48. The second-order valence-corrected chi connectivity index (χ2v) is 10.4. The Morgan fingerprint density at radius 2 is 2.00 bits per heavy atom. The van der Waals surface area contributed by atoms with Crippen molar-refractivity contribution in [1.82, 2.24) is 9.29 Å². The molecule has 0 N–H and O–H groups in total. The molecule has 2 heterocycles. The molecule has 0 saturated carbocycles. The average Bonchev–Trinajstić information content (AvgIpc) is 3.40. The number of ether oxygens (including phenoxy) is 1. The zero-order valence-corrected chi connectivity index (χ0v) is 19.2. The third-order valence-corrected chi connectivity index (χ3v) is 7.60. The van der Waals surface area contributed by atoms with E-state index in [-0.39, 0.29) is 5.91 Å². The van der Waals surface area contributed by atoms with Gasteiger partial charge in [-0.15, -0.1) is 0 Å². The summed E-state index contributed by atoms with van der Waals surface area (Å²) in [6, 6.07) is 14.7. The minimum atomic E-state index is -3.48. The van der Waals surface area contributed by atoms with Crippen molar-refractivity contribution in [3.8, 4) is 5.75 Å². The largest absolute Gasteiger partial charge is 0.492 e. The third kappa shape index (κ3) is 4.58. The number of fused-ring (bicyclic) bond motifs is 1. The number of hydrogen-bond donors (Lipinski definition) is 0. The maximum atomic E-state index is 13.7. The van der Waals surface area contributed by atoms with Crippen LogP contribution in [0.4, 0.5) is 5.13 Å². The Morgan fingerprint density at radius 3 is 2.71 bits per heavy atom. The number of carbonyl (C=O) groups excluding carboxylic acids is 1.